The van der Waals surface area contributed by atoms with E-state index in [0.29, 0.717) is 5.82 Å². The van der Waals surface area contributed by atoms with Crippen molar-refractivity contribution in [2.75, 3.05) is 6.54 Å². The Morgan fingerprint density at radius 3 is 2.56 bits per heavy atom. The third-order valence-corrected chi connectivity index (χ3v) is 3.93. The Morgan fingerprint density at radius 2 is 2.04 bits per heavy atom. The summed E-state index contributed by atoms with van der Waals surface area (Å²) in [6.07, 6.45) is 0.492. The average Bonchev–Trinajstić information content (AvgIpc) is 2.96. The maximum absolute atomic E-state index is 12.3. The number of ketones is 1. The number of carbonyl (C=O) groups excluding carboxylic acids is 2. The van der Waals surface area contributed by atoms with Gasteiger partial charge < -0.3 is 25.2 Å². The van der Waals surface area contributed by atoms with Gasteiger partial charge in [0.05, 0.1) is 13.0 Å². The lowest BCUT2D eigenvalue weighted by molar-refractivity contribution is -0.392. The van der Waals surface area contributed by atoms with Gasteiger partial charge in [-0.2, -0.15) is 0 Å². The van der Waals surface area contributed by atoms with Gasteiger partial charge in [0, 0.05) is 6.92 Å². The number of aromatic nitrogens is 2. The largest absolute Gasteiger partial charge is 0.509 e. The van der Waals surface area contributed by atoms with Gasteiger partial charge in [0.25, 0.3) is 5.91 Å². The van der Waals surface area contributed by atoms with Crippen molar-refractivity contribution in [2.45, 2.75) is 32.9 Å². The predicted octanol–water partition coefficient (Wildman–Crippen LogP) is 0.186. The number of carboxylic acid groups (broad SMARTS) is 1. The Labute approximate surface area is 141 Å². The Hall–Kier alpha value is -3.24. The van der Waals surface area contributed by atoms with Crippen LogP contribution in [-0.4, -0.2) is 59.8 Å². The van der Waals surface area contributed by atoms with E-state index in [1.807, 2.05) is 0 Å². The standard InChI is InChI=1S/C14H16N4O7/c1-7(19)12-13(22)9(5-11(20)21)17(14(12)23)4-3-16-8(2)15-6-10(16)18(24)25/h6,9,22H,3-5H2,1-2H3,(H,20,21). The van der Waals surface area contributed by atoms with Crippen LogP contribution in [0, 0.1) is 17.0 Å². The molecule has 1 atom stereocenters. The number of rotatable bonds is 7. The van der Waals surface area contributed by atoms with Gasteiger partial charge >= 0.3 is 11.8 Å². The highest BCUT2D eigenvalue weighted by Gasteiger charge is 2.42. The Kier molecular flexibility index (Phi) is 4.86. The molecule has 11 nitrogen and oxygen atoms in total. The molecule has 2 rings (SSSR count). The number of carbonyl (C=O) groups is 3. The molecule has 0 saturated heterocycles. The number of aliphatic hydroxyl groups excluding tert-OH is 1. The molecular formula is C14H16N4O7. The van der Waals surface area contributed by atoms with Gasteiger partial charge in [0.1, 0.15) is 30.1 Å². The number of imidazole rings is 1. The van der Waals surface area contributed by atoms with Crippen molar-refractivity contribution in [3.63, 3.8) is 0 Å². The number of nitrogens with zero attached hydrogens (tertiary/aromatic N) is 4. The van der Waals surface area contributed by atoms with E-state index in [9.17, 15) is 29.6 Å². The number of hydrogen-bond donors (Lipinski definition) is 2. The second-order valence-corrected chi connectivity index (χ2v) is 5.50. The van der Waals surface area contributed by atoms with Gasteiger partial charge in [-0.1, -0.05) is 0 Å². The van der Waals surface area contributed by atoms with Crippen LogP contribution in [0.2, 0.25) is 0 Å². The molecule has 25 heavy (non-hydrogen) atoms. The van der Waals surface area contributed by atoms with Crippen molar-refractivity contribution < 1.29 is 29.5 Å². The van der Waals surface area contributed by atoms with Crippen LogP contribution in [0.15, 0.2) is 17.5 Å². The minimum Gasteiger partial charge on any atom is -0.509 e. The number of aryl methyl sites for hydroxylation is 1. The summed E-state index contributed by atoms with van der Waals surface area (Å²) in [4.78, 5) is 50.1. The van der Waals surface area contributed by atoms with Crippen LogP contribution in [0.5, 0.6) is 0 Å². The Morgan fingerprint density at radius 1 is 1.40 bits per heavy atom. The zero-order chi connectivity index (χ0) is 18.9. The summed E-state index contributed by atoms with van der Waals surface area (Å²) in [6.45, 7) is 2.47. The van der Waals surface area contributed by atoms with E-state index in [1.165, 1.54) is 4.57 Å². The number of amides is 1. The monoisotopic (exact) mass is 352 g/mol. The van der Waals surface area contributed by atoms with Crippen molar-refractivity contribution in [1.29, 1.82) is 0 Å². The number of Topliss-reactive ketones (excluding diaryl/α,β-unsaturated/α-hetero) is 1. The first-order valence-corrected chi connectivity index (χ1v) is 7.28. The van der Waals surface area contributed by atoms with E-state index < -0.39 is 46.4 Å². The molecule has 0 radical (unpaired) electrons. The van der Waals surface area contributed by atoms with Gasteiger partial charge in [-0.25, -0.2) is 9.55 Å². The highest BCUT2D eigenvalue weighted by molar-refractivity contribution is 6.20. The minimum absolute atomic E-state index is 0.0392. The number of aliphatic carboxylic acids is 1. The number of aliphatic hydroxyl groups is 1. The lowest BCUT2D eigenvalue weighted by Gasteiger charge is -2.23. The van der Waals surface area contributed by atoms with Crippen molar-refractivity contribution in [3.8, 4) is 0 Å². The van der Waals surface area contributed by atoms with Crippen LogP contribution < -0.4 is 0 Å². The molecule has 0 fully saturated rings. The summed E-state index contributed by atoms with van der Waals surface area (Å²) < 4.78 is 1.26. The first-order chi connectivity index (χ1) is 11.6. The highest BCUT2D eigenvalue weighted by atomic mass is 16.6. The average molecular weight is 352 g/mol. The zero-order valence-corrected chi connectivity index (χ0v) is 13.5. The number of hydrogen-bond acceptors (Lipinski definition) is 7. The SMILES string of the molecule is CC(=O)C1=C(O)C(CC(=O)O)N(CCn2c([N+](=O)[O-])cnc2C)C1=O. The van der Waals surface area contributed by atoms with E-state index in [1.54, 1.807) is 6.92 Å². The molecule has 0 saturated carbocycles. The predicted molar refractivity (Wildman–Crippen MR) is 81.7 cm³/mol. The fourth-order valence-corrected chi connectivity index (χ4v) is 2.76. The quantitative estimate of drug-likeness (QED) is 0.400. The molecule has 2 N–H and O–H groups in total. The summed E-state index contributed by atoms with van der Waals surface area (Å²) >= 11 is 0. The molecule has 0 bridgehead atoms. The second kappa shape index (κ2) is 6.71. The maximum Gasteiger partial charge on any atom is 0.342 e. The van der Waals surface area contributed by atoms with E-state index in [-0.39, 0.29) is 18.9 Å². The molecule has 1 unspecified atom stereocenters. The van der Waals surface area contributed by atoms with Crippen LogP contribution in [0.25, 0.3) is 0 Å². The van der Waals surface area contributed by atoms with E-state index in [0.717, 1.165) is 18.0 Å². The van der Waals surface area contributed by atoms with Crippen molar-refractivity contribution >= 4 is 23.5 Å². The first-order valence-electron chi connectivity index (χ1n) is 7.28. The molecule has 11 heteroatoms. The molecule has 0 spiro atoms. The molecule has 1 aromatic heterocycles. The Balaban J connectivity index is 2.27. The molecule has 0 aliphatic carbocycles. The van der Waals surface area contributed by atoms with E-state index >= 15 is 0 Å². The van der Waals surface area contributed by atoms with Crippen LogP contribution in [0.3, 0.4) is 0 Å². The van der Waals surface area contributed by atoms with Gasteiger partial charge in [-0.15, -0.1) is 0 Å². The minimum atomic E-state index is -1.26. The van der Waals surface area contributed by atoms with Gasteiger partial charge in [-0.3, -0.25) is 14.4 Å². The normalized spacial score (nSPS) is 17.3. The van der Waals surface area contributed by atoms with Crippen LogP contribution >= 0.6 is 0 Å². The molecule has 1 aliphatic heterocycles. The third-order valence-electron chi connectivity index (χ3n) is 3.93. The summed E-state index contributed by atoms with van der Waals surface area (Å²) in [7, 11) is 0. The van der Waals surface area contributed by atoms with E-state index in [4.69, 9.17) is 5.11 Å². The molecule has 2 heterocycles. The first kappa shape index (κ1) is 18.1. The summed E-state index contributed by atoms with van der Waals surface area (Å²) in [5.74, 6) is -3.25. The topological polar surface area (TPSA) is 156 Å². The van der Waals surface area contributed by atoms with E-state index in [2.05, 4.69) is 4.98 Å². The van der Waals surface area contributed by atoms with Crippen molar-refractivity contribution in [2.24, 2.45) is 0 Å². The number of carboxylic acids is 1. The van der Waals surface area contributed by atoms with Crippen LogP contribution in [0.4, 0.5) is 5.82 Å². The molecule has 134 valence electrons. The lowest BCUT2D eigenvalue weighted by Crippen LogP contribution is -2.39. The summed E-state index contributed by atoms with van der Waals surface area (Å²) in [6, 6.07) is -1.19. The fourth-order valence-electron chi connectivity index (χ4n) is 2.76. The molecule has 1 amide bonds. The second-order valence-electron chi connectivity index (χ2n) is 5.50. The van der Waals surface area contributed by atoms with Gasteiger partial charge in [-0.05, 0) is 11.8 Å². The smallest absolute Gasteiger partial charge is 0.342 e. The van der Waals surface area contributed by atoms with Gasteiger partial charge in [0.2, 0.25) is 0 Å². The zero-order valence-electron chi connectivity index (χ0n) is 13.5. The highest BCUT2D eigenvalue weighted by Crippen LogP contribution is 2.27. The van der Waals surface area contributed by atoms with Gasteiger partial charge in [0.15, 0.2) is 11.6 Å². The fraction of sp³-hybridized carbons (Fsp3) is 0.429. The van der Waals surface area contributed by atoms with Crippen LogP contribution in [0.1, 0.15) is 19.2 Å². The molecule has 1 aromatic rings. The van der Waals surface area contributed by atoms with Crippen molar-refractivity contribution in [3.05, 3.63) is 33.5 Å². The van der Waals surface area contributed by atoms with Crippen molar-refractivity contribution in [1.82, 2.24) is 14.5 Å². The number of nitro groups is 1. The summed E-state index contributed by atoms with van der Waals surface area (Å²) in [5, 5.41) is 30.0. The molecular weight excluding hydrogens is 336 g/mol. The lowest BCUT2D eigenvalue weighted by atomic mass is 10.1. The molecule has 1 aliphatic rings. The third kappa shape index (κ3) is 3.34. The molecule has 0 aromatic carbocycles. The Bertz CT molecular complexity index is 795. The maximum atomic E-state index is 12.3. The van der Waals surface area contributed by atoms with Crippen LogP contribution in [-0.2, 0) is 20.9 Å². The summed E-state index contributed by atoms with van der Waals surface area (Å²) in [5.41, 5.74) is -0.455.